The number of aldehydes is 1. The van der Waals surface area contributed by atoms with Gasteiger partial charge < -0.3 is 9.69 Å². The molecule has 3 nitrogen and oxygen atoms in total. The molecule has 0 aromatic rings. The lowest BCUT2D eigenvalue weighted by atomic mass is 10.2. The van der Waals surface area contributed by atoms with Crippen LogP contribution < -0.4 is 0 Å². The van der Waals surface area contributed by atoms with Gasteiger partial charge in [-0.1, -0.05) is 26.8 Å². The van der Waals surface area contributed by atoms with Gasteiger partial charge in [-0.05, 0) is 19.8 Å². The van der Waals surface area contributed by atoms with Gasteiger partial charge in [-0.25, -0.2) is 0 Å². The molecule has 0 bridgehead atoms. The summed E-state index contributed by atoms with van der Waals surface area (Å²) < 4.78 is 0. The van der Waals surface area contributed by atoms with Gasteiger partial charge in [-0.15, -0.1) is 6.58 Å². The first kappa shape index (κ1) is 17.3. The molecule has 1 saturated heterocycles. The highest BCUT2D eigenvalue weighted by Gasteiger charge is 2.26. The van der Waals surface area contributed by atoms with Crippen molar-refractivity contribution in [1.29, 1.82) is 0 Å². The second-order valence-corrected chi connectivity index (χ2v) is 3.19. The van der Waals surface area contributed by atoms with Crippen LogP contribution in [0.4, 0.5) is 0 Å². The molecule has 0 radical (unpaired) electrons. The van der Waals surface area contributed by atoms with E-state index in [1.807, 2.05) is 27.7 Å². The van der Waals surface area contributed by atoms with Crippen LogP contribution in [0.15, 0.2) is 12.7 Å². The zero-order valence-corrected chi connectivity index (χ0v) is 11.0. The van der Waals surface area contributed by atoms with Crippen LogP contribution >= 0.6 is 0 Å². The molecule has 0 aromatic carbocycles. The lowest BCUT2D eigenvalue weighted by Gasteiger charge is -2.18. The van der Waals surface area contributed by atoms with Crippen molar-refractivity contribution >= 4 is 12.2 Å². The Balaban J connectivity index is 0. The Kier molecular flexibility index (Phi) is 12.9. The Labute approximate surface area is 99.5 Å². The minimum Gasteiger partial charge on any atom is -0.333 e. The van der Waals surface area contributed by atoms with Gasteiger partial charge in [-0.2, -0.15) is 0 Å². The summed E-state index contributed by atoms with van der Waals surface area (Å²) in [7, 11) is 0. The molecule has 1 atom stereocenters. The Morgan fingerprint density at radius 1 is 1.50 bits per heavy atom. The van der Waals surface area contributed by atoms with E-state index < -0.39 is 0 Å². The highest BCUT2D eigenvalue weighted by molar-refractivity contribution is 5.80. The maximum atomic E-state index is 11.2. The summed E-state index contributed by atoms with van der Waals surface area (Å²) in [6.45, 7) is 11.8. The lowest BCUT2D eigenvalue weighted by molar-refractivity contribution is -0.134. The number of carbonyl (C=O) groups is 2. The molecule has 0 saturated carbocycles. The predicted molar refractivity (Wildman–Crippen MR) is 68.3 cm³/mol. The Bertz CT molecular complexity index is 202. The molecular formula is C13H25NO2. The molecule has 1 aliphatic rings. The number of carbonyl (C=O) groups excluding carboxylic acids is 2. The van der Waals surface area contributed by atoms with Crippen LogP contribution in [0.1, 0.15) is 47.0 Å². The van der Waals surface area contributed by atoms with Crippen molar-refractivity contribution in [3.05, 3.63) is 12.7 Å². The first-order valence-corrected chi connectivity index (χ1v) is 6.03. The summed E-state index contributed by atoms with van der Waals surface area (Å²) in [5, 5.41) is 0. The van der Waals surface area contributed by atoms with Crippen molar-refractivity contribution in [3.63, 3.8) is 0 Å². The summed E-state index contributed by atoms with van der Waals surface area (Å²) in [5.74, 6) is 0.0969. The lowest BCUT2D eigenvalue weighted by Crippen LogP contribution is -2.35. The van der Waals surface area contributed by atoms with E-state index in [0.717, 1.165) is 25.7 Å². The number of likely N-dealkylation sites (tertiary alicyclic amines) is 1. The van der Waals surface area contributed by atoms with Crippen LogP contribution in [0.5, 0.6) is 0 Å². The second-order valence-electron chi connectivity index (χ2n) is 3.19. The third kappa shape index (κ3) is 6.38. The molecule has 0 aliphatic carbocycles. The summed E-state index contributed by atoms with van der Waals surface area (Å²) in [6.07, 6.45) is 4.94. The highest BCUT2D eigenvalue weighted by Crippen LogP contribution is 2.15. The van der Waals surface area contributed by atoms with Gasteiger partial charge >= 0.3 is 0 Å². The second kappa shape index (κ2) is 12.0. The van der Waals surface area contributed by atoms with Gasteiger partial charge in [0.25, 0.3) is 0 Å². The van der Waals surface area contributed by atoms with Crippen LogP contribution in [0.2, 0.25) is 0 Å². The van der Waals surface area contributed by atoms with Crippen molar-refractivity contribution in [2.75, 3.05) is 6.54 Å². The summed E-state index contributed by atoms with van der Waals surface area (Å²) in [4.78, 5) is 23.3. The molecular weight excluding hydrogens is 202 g/mol. The van der Waals surface area contributed by atoms with Crippen LogP contribution in [0.3, 0.4) is 0 Å². The maximum Gasteiger partial charge on any atom is 0.222 e. The molecule has 0 spiro atoms. The van der Waals surface area contributed by atoms with E-state index in [1.54, 1.807) is 11.0 Å². The van der Waals surface area contributed by atoms with Crippen molar-refractivity contribution in [2.24, 2.45) is 0 Å². The Morgan fingerprint density at radius 2 is 2.00 bits per heavy atom. The van der Waals surface area contributed by atoms with E-state index in [9.17, 15) is 9.59 Å². The minimum absolute atomic E-state index is 0.0969. The van der Waals surface area contributed by atoms with Gasteiger partial charge in [0.2, 0.25) is 5.91 Å². The van der Waals surface area contributed by atoms with Gasteiger partial charge in [0.15, 0.2) is 0 Å². The number of rotatable bonds is 2. The molecule has 1 unspecified atom stereocenters. The predicted octanol–water partition coefficient (Wildman–Crippen LogP) is 2.80. The molecule has 1 amide bonds. The first-order valence-electron chi connectivity index (χ1n) is 6.03. The van der Waals surface area contributed by atoms with E-state index in [0.29, 0.717) is 6.42 Å². The Hall–Kier alpha value is -1.12. The van der Waals surface area contributed by atoms with E-state index in [-0.39, 0.29) is 11.9 Å². The van der Waals surface area contributed by atoms with Crippen LogP contribution in [-0.4, -0.2) is 29.7 Å². The molecule has 1 fully saturated rings. The summed E-state index contributed by atoms with van der Waals surface area (Å²) in [6, 6.07) is -0.137. The van der Waals surface area contributed by atoms with Gasteiger partial charge in [0, 0.05) is 13.0 Å². The molecule has 94 valence electrons. The fraction of sp³-hybridized carbons (Fsp3) is 0.692. The topological polar surface area (TPSA) is 37.4 Å². The minimum atomic E-state index is -0.137. The third-order valence-electron chi connectivity index (χ3n) is 2.08. The van der Waals surface area contributed by atoms with Crippen LogP contribution in [-0.2, 0) is 9.59 Å². The highest BCUT2D eigenvalue weighted by atomic mass is 16.2. The van der Waals surface area contributed by atoms with Crippen molar-refractivity contribution in [2.45, 2.75) is 53.0 Å². The largest absolute Gasteiger partial charge is 0.333 e. The zero-order valence-electron chi connectivity index (χ0n) is 11.0. The van der Waals surface area contributed by atoms with Crippen molar-refractivity contribution in [3.8, 4) is 0 Å². The van der Waals surface area contributed by atoms with E-state index in [4.69, 9.17) is 0 Å². The van der Waals surface area contributed by atoms with Crippen molar-refractivity contribution in [1.82, 2.24) is 4.90 Å². The van der Waals surface area contributed by atoms with Gasteiger partial charge in [0.1, 0.15) is 6.29 Å². The normalized spacial score (nSPS) is 17.5. The fourth-order valence-electron chi connectivity index (χ4n) is 1.45. The standard InChI is InChI=1S/C8H13NO2.C3H6.C2H6/c1-2-8(11)9-5-3-4-7(9)6-10;1-3-2;1-2/h6-7H,2-5H2,1H3;3H,1H2,2H3;1-2H3. The molecule has 3 heteroatoms. The average molecular weight is 227 g/mol. The summed E-state index contributed by atoms with van der Waals surface area (Å²) >= 11 is 0. The number of amides is 1. The Morgan fingerprint density at radius 3 is 2.38 bits per heavy atom. The smallest absolute Gasteiger partial charge is 0.222 e. The fourth-order valence-corrected chi connectivity index (χ4v) is 1.45. The average Bonchev–Trinajstić information content (AvgIpc) is 2.80. The molecule has 16 heavy (non-hydrogen) atoms. The molecule has 1 aliphatic heterocycles. The first-order chi connectivity index (χ1) is 7.71. The number of nitrogens with zero attached hydrogens (tertiary/aromatic N) is 1. The van der Waals surface area contributed by atoms with Crippen molar-refractivity contribution < 1.29 is 9.59 Å². The monoisotopic (exact) mass is 227 g/mol. The number of hydrogen-bond acceptors (Lipinski definition) is 2. The zero-order chi connectivity index (χ0) is 13.0. The van der Waals surface area contributed by atoms with Crippen LogP contribution in [0.25, 0.3) is 0 Å². The van der Waals surface area contributed by atoms with Gasteiger partial charge in [-0.3, -0.25) is 4.79 Å². The maximum absolute atomic E-state index is 11.2. The number of allylic oxidation sites excluding steroid dienone is 1. The van der Waals surface area contributed by atoms with Crippen LogP contribution in [0, 0.1) is 0 Å². The summed E-state index contributed by atoms with van der Waals surface area (Å²) in [5.41, 5.74) is 0. The van der Waals surface area contributed by atoms with Gasteiger partial charge in [0.05, 0.1) is 6.04 Å². The molecule has 0 aromatic heterocycles. The third-order valence-corrected chi connectivity index (χ3v) is 2.08. The molecule has 1 heterocycles. The number of hydrogen-bond donors (Lipinski definition) is 0. The SMILES string of the molecule is C=CC.CC.CCC(=O)N1CCCC1C=O. The molecule has 1 rings (SSSR count). The molecule has 0 N–H and O–H groups in total. The quantitative estimate of drug-likeness (QED) is 0.537. The van der Waals surface area contributed by atoms with E-state index in [1.165, 1.54) is 0 Å². The van der Waals surface area contributed by atoms with E-state index >= 15 is 0 Å². The van der Waals surface area contributed by atoms with E-state index in [2.05, 4.69) is 6.58 Å².